The highest BCUT2D eigenvalue weighted by Gasteiger charge is 2.29. The SMILES string of the molecule is Cc1ccc(Nc2nc(C)cc(N3CCN(S(=O)(=O)c4ccc(F)c(Cl)c4)CC3)n2)cc1. The van der Waals surface area contributed by atoms with Gasteiger partial charge in [-0.15, -0.1) is 0 Å². The molecule has 0 radical (unpaired) electrons. The topological polar surface area (TPSA) is 78.4 Å². The molecule has 1 fully saturated rings. The van der Waals surface area contributed by atoms with Crippen molar-refractivity contribution < 1.29 is 12.8 Å². The van der Waals surface area contributed by atoms with Gasteiger partial charge in [0.25, 0.3) is 0 Å². The predicted octanol–water partition coefficient (Wildman–Crippen LogP) is 4.14. The summed E-state index contributed by atoms with van der Waals surface area (Å²) in [6, 6.07) is 13.3. The van der Waals surface area contributed by atoms with Gasteiger partial charge in [0.2, 0.25) is 16.0 Å². The van der Waals surface area contributed by atoms with Gasteiger partial charge in [-0.05, 0) is 44.2 Å². The van der Waals surface area contributed by atoms with Crippen molar-refractivity contribution in [2.45, 2.75) is 18.7 Å². The minimum absolute atomic E-state index is 0.0141. The molecular weight excluding hydrogens is 453 g/mol. The third-order valence-corrected chi connectivity index (χ3v) is 7.42. The number of nitrogens with zero attached hydrogens (tertiary/aromatic N) is 4. The van der Waals surface area contributed by atoms with E-state index < -0.39 is 15.8 Å². The minimum atomic E-state index is -3.76. The molecule has 1 aromatic heterocycles. The zero-order valence-electron chi connectivity index (χ0n) is 17.7. The molecule has 0 spiro atoms. The Hall–Kier alpha value is -2.75. The molecule has 4 rings (SSSR count). The molecule has 0 bridgehead atoms. The number of nitrogens with one attached hydrogen (secondary N) is 1. The van der Waals surface area contributed by atoms with E-state index in [2.05, 4.69) is 15.3 Å². The Labute approximate surface area is 191 Å². The Kier molecular flexibility index (Phi) is 6.32. The van der Waals surface area contributed by atoms with Crippen LogP contribution in [0, 0.1) is 19.7 Å². The summed E-state index contributed by atoms with van der Waals surface area (Å²) >= 11 is 5.77. The summed E-state index contributed by atoms with van der Waals surface area (Å²) < 4.78 is 40.6. The molecule has 168 valence electrons. The quantitative estimate of drug-likeness (QED) is 0.597. The number of halogens is 2. The summed E-state index contributed by atoms with van der Waals surface area (Å²) in [6.07, 6.45) is 0. The van der Waals surface area contributed by atoms with Crippen molar-refractivity contribution in [2.75, 3.05) is 36.4 Å². The molecule has 2 aromatic carbocycles. The van der Waals surface area contributed by atoms with Crippen molar-refractivity contribution in [3.05, 3.63) is 70.6 Å². The largest absolute Gasteiger partial charge is 0.354 e. The van der Waals surface area contributed by atoms with Gasteiger partial charge < -0.3 is 10.2 Å². The lowest BCUT2D eigenvalue weighted by atomic mass is 10.2. The standard InChI is InChI=1S/C22H23ClFN5O2S/c1-15-3-5-17(6-4-15)26-22-25-16(2)13-21(27-22)28-9-11-29(12-10-28)32(30,31)18-7-8-20(24)19(23)14-18/h3-8,13-14H,9-12H2,1-2H3,(H,25,26,27). The van der Waals surface area contributed by atoms with Gasteiger partial charge in [0.05, 0.1) is 9.92 Å². The fourth-order valence-electron chi connectivity index (χ4n) is 3.48. The number of aromatic nitrogens is 2. The normalized spacial score (nSPS) is 15.1. The molecule has 0 unspecified atom stereocenters. The number of anilines is 3. The highest BCUT2D eigenvalue weighted by Crippen LogP contribution is 2.25. The summed E-state index contributed by atoms with van der Waals surface area (Å²) in [7, 11) is -3.76. The summed E-state index contributed by atoms with van der Waals surface area (Å²) in [5.74, 6) is 0.568. The average molecular weight is 476 g/mol. The third-order valence-electron chi connectivity index (χ3n) is 5.24. The summed E-state index contributed by atoms with van der Waals surface area (Å²) in [5.41, 5.74) is 2.86. The number of sulfonamides is 1. The molecule has 0 saturated carbocycles. The lowest BCUT2D eigenvalue weighted by Gasteiger charge is -2.34. The third kappa shape index (κ3) is 4.85. The van der Waals surface area contributed by atoms with Crippen LogP contribution in [0.2, 0.25) is 5.02 Å². The minimum Gasteiger partial charge on any atom is -0.354 e. The van der Waals surface area contributed by atoms with Crippen LogP contribution in [-0.2, 0) is 10.0 Å². The Morgan fingerprint density at radius 3 is 2.31 bits per heavy atom. The fraction of sp³-hybridized carbons (Fsp3) is 0.273. The van der Waals surface area contributed by atoms with Crippen LogP contribution in [0.25, 0.3) is 0 Å². The molecule has 1 aliphatic rings. The number of hydrogen-bond acceptors (Lipinski definition) is 6. The van der Waals surface area contributed by atoms with Gasteiger partial charge in [-0.3, -0.25) is 0 Å². The Balaban J connectivity index is 1.47. The highest BCUT2D eigenvalue weighted by atomic mass is 35.5. The first-order valence-corrected chi connectivity index (χ1v) is 11.9. The maximum Gasteiger partial charge on any atom is 0.243 e. The molecule has 1 N–H and O–H groups in total. The van der Waals surface area contributed by atoms with Crippen molar-refractivity contribution >= 4 is 39.1 Å². The molecule has 10 heteroatoms. The van der Waals surface area contributed by atoms with E-state index in [-0.39, 0.29) is 23.0 Å². The summed E-state index contributed by atoms with van der Waals surface area (Å²) in [4.78, 5) is 11.1. The Morgan fingerprint density at radius 2 is 1.66 bits per heavy atom. The van der Waals surface area contributed by atoms with Crippen LogP contribution >= 0.6 is 11.6 Å². The second-order valence-corrected chi connectivity index (χ2v) is 9.99. The Bertz CT molecular complexity index is 1230. The molecule has 0 atom stereocenters. The number of hydrogen-bond donors (Lipinski definition) is 1. The molecular formula is C22H23ClFN5O2S. The number of aryl methyl sites for hydroxylation is 2. The van der Waals surface area contributed by atoms with Gasteiger partial charge >= 0.3 is 0 Å². The summed E-state index contributed by atoms with van der Waals surface area (Å²) in [5, 5.41) is 3.00. The highest BCUT2D eigenvalue weighted by molar-refractivity contribution is 7.89. The van der Waals surface area contributed by atoms with Crippen molar-refractivity contribution in [2.24, 2.45) is 0 Å². The fourth-order valence-corrected chi connectivity index (χ4v) is 5.17. The smallest absolute Gasteiger partial charge is 0.243 e. The van der Waals surface area contributed by atoms with Crippen LogP contribution in [-0.4, -0.2) is 48.9 Å². The van der Waals surface area contributed by atoms with Gasteiger partial charge in [0, 0.05) is 43.6 Å². The first kappa shape index (κ1) is 22.4. The summed E-state index contributed by atoms with van der Waals surface area (Å²) in [6.45, 7) is 5.41. The molecule has 1 aliphatic heterocycles. The van der Waals surface area contributed by atoms with Crippen LogP contribution in [0.4, 0.5) is 21.8 Å². The van der Waals surface area contributed by atoms with Crippen molar-refractivity contribution in [3.8, 4) is 0 Å². The first-order chi connectivity index (χ1) is 15.2. The van der Waals surface area contributed by atoms with E-state index in [0.29, 0.717) is 19.0 Å². The second kappa shape index (κ2) is 9.01. The molecule has 7 nitrogen and oxygen atoms in total. The molecule has 0 aliphatic carbocycles. The van der Waals surface area contributed by atoms with Gasteiger partial charge in [0.1, 0.15) is 11.6 Å². The lowest BCUT2D eigenvalue weighted by molar-refractivity contribution is 0.383. The van der Waals surface area contributed by atoms with Crippen molar-refractivity contribution in [3.63, 3.8) is 0 Å². The molecule has 3 aromatic rings. The lowest BCUT2D eigenvalue weighted by Crippen LogP contribution is -2.49. The van der Waals surface area contributed by atoms with Gasteiger partial charge in [0.15, 0.2) is 0 Å². The van der Waals surface area contributed by atoms with Gasteiger partial charge in [-0.2, -0.15) is 9.29 Å². The second-order valence-electron chi connectivity index (χ2n) is 7.65. The van der Waals surface area contributed by atoms with Crippen LogP contribution in [0.1, 0.15) is 11.3 Å². The van der Waals surface area contributed by atoms with Crippen molar-refractivity contribution in [1.82, 2.24) is 14.3 Å². The van der Waals surface area contributed by atoms with E-state index in [4.69, 9.17) is 11.6 Å². The van der Waals surface area contributed by atoms with E-state index >= 15 is 0 Å². The van der Waals surface area contributed by atoms with Crippen LogP contribution in [0.15, 0.2) is 53.4 Å². The van der Waals surface area contributed by atoms with E-state index in [1.54, 1.807) is 0 Å². The molecule has 1 saturated heterocycles. The predicted molar refractivity (Wildman–Crippen MR) is 124 cm³/mol. The Morgan fingerprint density at radius 1 is 0.969 bits per heavy atom. The zero-order valence-corrected chi connectivity index (χ0v) is 19.3. The zero-order chi connectivity index (χ0) is 22.9. The van der Waals surface area contributed by atoms with Crippen LogP contribution in [0.3, 0.4) is 0 Å². The molecule has 2 heterocycles. The van der Waals surface area contributed by atoms with Crippen LogP contribution < -0.4 is 10.2 Å². The van der Waals surface area contributed by atoms with E-state index in [0.717, 1.165) is 34.9 Å². The van der Waals surface area contributed by atoms with Crippen LogP contribution in [0.5, 0.6) is 0 Å². The number of piperazine rings is 1. The maximum atomic E-state index is 13.4. The van der Waals surface area contributed by atoms with Gasteiger partial charge in [-0.1, -0.05) is 29.3 Å². The molecule has 32 heavy (non-hydrogen) atoms. The van der Waals surface area contributed by atoms with E-state index in [9.17, 15) is 12.8 Å². The number of rotatable bonds is 5. The first-order valence-electron chi connectivity index (χ1n) is 10.1. The number of benzene rings is 2. The van der Waals surface area contributed by atoms with E-state index in [1.165, 1.54) is 10.4 Å². The van der Waals surface area contributed by atoms with Crippen molar-refractivity contribution in [1.29, 1.82) is 0 Å². The maximum absolute atomic E-state index is 13.4. The monoisotopic (exact) mass is 475 g/mol. The average Bonchev–Trinajstić information content (AvgIpc) is 2.77. The van der Waals surface area contributed by atoms with E-state index in [1.807, 2.05) is 49.1 Å². The molecule has 0 amide bonds. The van der Waals surface area contributed by atoms with Gasteiger partial charge in [-0.25, -0.2) is 17.8 Å².